The summed E-state index contributed by atoms with van der Waals surface area (Å²) in [5, 5.41) is 0. The zero-order chi connectivity index (χ0) is 9.97. The summed E-state index contributed by atoms with van der Waals surface area (Å²) in [6.07, 6.45) is 4.01. The van der Waals surface area contributed by atoms with Crippen LogP contribution in [0.15, 0.2) is 0 Å². The first-order valence-electron chi connectivity index (χ1n) is 6.09. The highest BCUT2D eigenvalue weighted by atomic mass is 16.5. The van der Waals surface area contributed by atoms with E-state index >= 15 is 0 Å². The van der Waals surface area contributed by atoms with E-state index in [1.54, 1.807) is 0 Å². The van der Waals surface area contributed by atoms with Crippen molar-refractivity contribution in [3.8, 4) is 0 Å². The van der Waals surface area contributed by atoms with Crippen molar-refractivity contribution in [1.29, 1.82) is 0 Å². The third kappa shape index (κ3) is 2.29. The lowest BCUT2D eigenvalue weighted by atomic mass is 9.95. The van der Waals surface area contributed by atoms with E-state index in [1.165, 1.54) is 32.4 Å². The average molecular weight is 197 g/mol. The molecule has 14 heavy (non-hydrogen) atoms. The van der Waals surface area contributed by atoms with Crippen molar-refractivity contribution in [2.45, 2.75) is 39.2 Å². The first-order chi connectivity index (χ1) is 6.77. The Morgan fingerprint density at radius 1 is 1.29 bits per heavy atom. The van der Waals surface area contributed by atoms with E-state index in [4.69, 9.17) is 4.74 Å². The van der Waals surface area contributed by atoms with Gasteiger partial charge < -0.3 is 4.74 Å². The molecule has 0 aromatic heterocycles. The molecule has 0 saturated carbocycles. The summed E-state index contributed by atoms with van der Waals surface area (Å²) < 4.78 is 5.55. The van der Waals surface area contributed by atoms with Crippen molar-refractivity contribution in [2.75, 3.05) is 26.3 Å². The van der Waals surface area contributed by atoms with Gasteiger partial charge in [-0.2, -0.15) is 0 Å². The van der Waals surface area contributed by atoms with E-state index in [2.05, 4.69) is 18.7 Å². The number of hydrogen-bond acceptors (Lipinski definition) is 2. The normalized spacial score (nSPS) is 35.4. The van der Waals surface area contributed by atoms with Crippen molar-refractivity contribution in [2.24, 2.45) is 11.8 Å². The van der Waals surface area contributed by atoms with Crippen LogP contribution >= 0.6 is 0 Å². The minimum absolute atomic E-state index is 0.729. The van der Waals surface area contributed by atoms with Gasteiger partial charge in [-0.25, -0.2) is 0 Å². The van der Waals surface area contributed by atoms with Crippen LogP contribution in [0.5, 0.6) is 0 Å². The molecular formula is C12H23NO. The predicted molar refractivity (Wildman–Crippen MR) is 58.4 cm³/mol. The van der Waals surface area contributed by atoms with Gasteiger partial charge in [-0.3, -0.25) is 4.90 Å². The molecule has 0 aromatic carbocycles. The second kappa shape index (κ2) is 4.63. The van der Waals surface area contributed by atoms with Crippen LogP contribution in [-0.2, 0) is 4.74 Å². The Labute approximate surface area is 87.6 Å². The first kappa shape index (κ1) is 10.4. The average Bonchev–Trinajstić information content (AvgIpc) is 2.68. The second-order valence-electron chi connectivity index (χ2n) is 5.16. The predicted octanol–water partition coefficient (Wildman–Crippen LogP) is 2.14. The van der Waals surface area contributed by atoms with Gasteiger partial charge in [0.1, 0.15) is 0 Å². The molecule has 2 aliphatic rings. The molecule has 0 bridgehead atoms. The number of likely N-dealkylation sites (tertiary alicyclic amines) is 1. The SMILES string of the molecule is CC(C)C1CCN(C2CCCOC2)C1. The molecule has 2 nitrogen and oxygen atoms in total. The van der Waals surface area contributed by atoms with Gasteiger partial charge in [-0.05, 0) is 37.6 Å². The lowest BCUT2D eigenvalue weighted by molar-refractivity contribution is 0.0248. The molecule has 0 aliphatic carbocycles. The van der Waals surface area contributed by atoms with Crippen molar-refractivity contribution in [1.82, 2.24) is 4.90 Å². The summed E-state index contributed by atoms with van der Waals surface area (Å²) in [6.45, 7) is 9.28. The van der Waals surface area contributed by atoms with Gasteiger partial charge in [0.15, 0.2) is 0 Å². The van der Waals surface area contributed by atoms with Gasteiger partial charge in [0, 0.05) is 19.2 Å². The maximum atomic E-state index is 5.55. The molecule has 2 aliphatic heterocycles. The maximum absolute atomic E-state index is 5.55. The zero-order valence-electron chi connectivity index (χ0n) is 9.54. The van der Waals surface area contributed by atoms with Crippen LogP contribution in [0, 0.1) is 11.8 Å². The highest BCUT2D eigenvalue weighted by molar-refractivity contribution is 4.83. The zero-order valence-corrected chi connectivity index (χ0v) is 9.54. The summed E-state index contributed by atoms with van der Waals surface area (Å²) in [5.74, 6) is 1.78. The topological polar surface area (TPSA) is 12.5 Å². The molecule has 2 unspecified atom stereocenters. The van der Waals surface area contributed by atoms with Crippen LogP contribution in [0.1, 0.15) is 33.1 Å². The van der Waals surface area contributed by atoms with Crippen molar-refractivity contribution < 1.29 is 4.74 Å². The molecule has 2 atom stereocenters. The minimum Gasteiger partial charge on any atom is -0.380 e. The molecule has 0 amide bonds. The fourth-order valence-corrected chi connectivity index (χ4v) is 2.70. The van der Waals surface area contributed by atoms with Crippen molar-refractivity contribution >= 4 is 0 Å². The van der Waals surface area contributed by atoms with E-state index in [0.717, 1.165) is 31.1 Å². The highest BCUT2D eigenvalue weighted by Crippen LogP contribution is 2.27. The smallest absolute Gasteiger partial charge is 0.0621 e. The van der Waals surface area contributed by atoms with Crippen LogP contribution in [0.25, 0.3) is 0 Å². The number of ether oxygens (including phenoxy) is 1. The summed E-state index contributed by atoms with van der Waals surface area (Å²) in [5.41, 5.74) is 0. The van der Waals surface area contributed by atoms with E-state index in [0.29, 0.717) is 0 Å². The molecule has 2 rings (SSSR count). The summed E-state index contributed by atoms with van der Waals surface area (Å²) >= 11 is 0. The van der Waals surface area contributed by atoms with Crippen LogP contribution in [0.2, 0.25) is 0 Å². The number of hydrogen-bond donors (Lipinski definition) is 0. The Balaban J connectivity index is 1.82. The Bertz CT molecular complexity index is 175. The third-order valence-electron chi connectivity index (χ3n) is 3.85. The Hall–Kier alpha value is -0.0800. The number of rotatable bonds is 2. The Kier molecular flexibility index (Phi) is 3.45. The molecular weight excluding hydrogens is 174 g/mol. The van der Waals surface area contributed by atoms with Crippen LogP contribution < -0.4 is 0 Å². The minimum atomic E-state index is 0.729. The maximum Gasteiger partial charge on any atom is 0.0621 e. The van der Waals surface area contributed by atoms with Gasteiger partial charge >= 0.3 is 0 Å². The fraction of sp³-hybridized carbons (Fsp3) is 1.00. The summed E-state index contributed by atoms with van der Waals surface area (Å²) in [4.78, 5) is 2.66. The first-order valence-corrected chi connectivity index (χ1v) is 6.09. The van der Waals surface area contributed by atoms with E-state index in [9.17, 15) is 0 Å². The molecule has 0 spiro atoms. The standard InChI is InChI=1S/C12H23NO/c1-10(2)11-5-6-13(8-11)12-4-3-7-14-9-12/h10-12H,3-9H2,1-2H3. The molecule has 2 fully saturated rings. The third-order valence-corrected chi connectivity index (χ3v) is 3.85. The van der Waals surface area contributed by atoms with Gasteiger partial charge in [-0.15, -0.1) is 0 Å². The molecule has 82 valence electrons. The summed E-state index contributed by atoms with van der Waals surface area (Å²) in [6, 6.07) is 0.729. The number of nitrogens with zero attached hydrogens (tertiary/aromatic N) is 1. The molecule has 0 radical (unpaired) electrons. The van der Waals surface area contributed by atoms with Crippen LogP contribution in [0.4, 0.5) is 0 Å². The van der Waals surface area contributed by atoms with Crippen LogP contribution in [0.3, 0.4) is 0 Å². The Morgan fingerprint density at radius 2 is 2.14 bits per heavy atom. The van der Waals surface area contributed by atoms with Gasteiger partial charge in [0.2, 0.25) is 0 Å². The largest absolute Gasteiger partial charge is 0.380 e. The van der Waals surface area contributed by atoms with E-state index in [-0.39, 0.29) is 0 Å². The molecule has 2 saturated heterocycles. The molecule has 2 heteroatoms. The lowest BCUT2D eigenvalue weighted by Gasteiger charge is -2.31. The molecule has 2 heterocycles. The monoisotopic (exact) mass is 197 g/mol. The van der Waals surface area contributed by atoms with Crippen LogP contribution in [-0.4, -0.2) is 37.2 Å². The summed E-state index contributed by atoms with van der Waals surface area (Å²) in [7, 11) is 0. The fourth-order valence-electron chi connectivity index (χ4n) is 2.70. The highest BCUT2D eigenvalue weighted by Gasteiger charge is 2.30. The lowest BCUT2D eigenvalue weighted by Crippen LogP contribution is -2.39. The van der Waals surface area contributed by atoms with E-state index < -0.39 is 0 Å². The molecule has 0 aromatic rings. The van der Waals surface area contributed by atoms with Gasteiger partial charge in [0.25, 0.3) is 0 Å². The quantitative estimate of drug-likeness (QED) is 0.672. The Morgan fingerprint density at radius 3 is 2.71 bits per heavy atom. The molecule has 0 N–H and O–H groups in total. The van der Waals surface area contributed by atoms with Crippen molar-refractivity contribution in [3.05, 3.63) is 0 Å². The van der Waals surface area contributed by atoms with Gasteiger partial charge in [-0.1, -0.05) is 13.8 Å². The second-order valence-corrected chi connectivity index (χ2v) is 5.16. The van der Waals surface area contributed by atoms with Crippen molar-refractivity contribution in [3.63, 3.8) is 0 Å². The van der Waals surface area contributed by atoms with Gasteiger partial charge in [0.05, 0.1) is 6.61 Å². The van der Waals surface area contributed by atoms with E-state index in [1.807, 2.05) is 0 Å².